The Balaban J connectivity index is 2.00. The summed E-state index contributed by atoms with van der Waals surface area (Å²) < 4.78 is 3.18. The second kappa shape index (κ2) is 4.39. The first kappa shape index (κ1) is 11.7. The van der Waals surface area contributed by atoms with E-state index in [0.717, 1.165) is 17.6 Å². The molecule has 94 valence electrons. The van der Waals surface area contributed by atoms with E-state index in [4.69, 9.17) is 12.2 Å². The molecule has 0 saturated carbocycles. The van der Waals surface area contributed by atoms with Crippen molar-refractivity contribution in [3.8, 4) is 0 Å². The van der Waals surface area contributed by atoms with E-state index in [0.29, 0.717) is 12.0 Å². The van der Waals surface area contributed by atoms with Crippen LogP contribution in [0.1, 0.15) is 42.6 Å². The zero-order valence-corrected chi connectivity index (χ0v) is 11.6. The molecule has 1 aromatic carbocycles. The monoisotopic (exact) mass is 258 g/mol. The lowest BCUT2D eigenvalue weighted by Gasteiger charge is -2.17. The highest BCUT2D eigenvalue weighted by atomic mass is 32.1. The third kappa shape index (κ3) is 1.83. The number of nitrogens with zero attached hydrogens (tertiary/aromatic N) is 1. The smallest absolute Gasteiger partial charge is 0.177 e. The van der Waals surface area contributed by atoms with Crippen molar-refractivity contribution in [1.82, 2.24) is 9.55 Å². The van der Waals surface area contributed by atoms with Gasteiger partial charge in [0.1, 0.15) is 0 Å². The summed E-state index contributed by atoms with van der Waals surface area (Å²) in [5.41, 5.74) is 4.26. The van der Waals surface area contributed by atoms with Crippen LogP contribution in [0.25, 0.3) is 0 Å². The highest BCUT2D eigenvalue weighted by Crippen LogP contribution is 2.32. The molecule has 0 spiro atoms. The lowest BCUT2D eigenvalue weighted by atomic mass is 10.1. The molecule has 1 heterocycles. The van der Waals surface area contributed by atoms with Crippen LogP contribution in [-0.4, -0.2) is 9.55 Å². The molecule has 3 rings (SSSR count). The van der Waals surface area contributed by atoms with Crippen LogP contribution in [0.3, 0.4) is 0 Å². The van der Waals surface area contributed by atoms with Crippen LogP contribution in [0.5, 0.6) is 0 Å². The van der Waals surface area contributed by atoms with E-state index < -0.39 is 0 Å². The Labute approximate surface area is 113 Å². The Morgan fingerprint density at radius 2 is 1.83 bits per heavy atom. The van der Waals surface area contributed by atoms with Crippen molar-refractivity contribution in [2.24, 2.45) is 0 Å². The van der Waals surface area contributed by atoms with Gasteiger partial charge in [-0.2, -0.15) is 0 Å². The summed E-state index contributed by atoms with van der Waals surface area (Å²) in [6, 6.07) is 9.21. The average molecular weight is 258 g/mol. The minimum absolute atomic E-state index is 0.485. The summed E-state index contributed by atoms with van der Waals surface area (Å²) in [6.45, 7) is 4.44. The molecule has 2 nitrogen and oxygen atoms in total. The van der Waals surface area contributed by atoms with Gasteiger partial charge < -0.3 is 9.55 Å². The van der Waals surface area contributed by atoms with Gasteiger partial charge in [0.2, 0.25) is 0 Å². The topological polar surface area (TPSA) is 20.7 Å². The van der Waals surface area contributed by atoms with Gasteiger partial charge in [-0.05, 0) is 42.1 Å². The van der Waals surface area contributed by atoms with Gasteiger partial charge in [-0.3, -0.25) is 0 Å². The van der Waals surface area contributed by atoms with E-state index in [1.807, 2.05) is 0 Å². The summed E-state index contributed by atoms with van der Waals surface area (Å²) in [6.07, 6.45) is 4.26. The highest BCUT2D eigenvalue weighted by molar-refractivity contribution is 7.71. The minimum atomic E-state index is 0.485. The zero-order valence-electron chi connectivity index (χ0n) is 10.8. The second-order valence-electron chi connectivity index (χ2n) is 5.37. The molecule has 0 bridgehead atoms. The molecule has 0 unspecified atom stereocenters. The molecule has 0 aliphatic heterocycles. The first-order chi connectivity index (χ1) is 8.66. The summed E-state index contributed by atoms with van der Waals surface area (Å²) in [7, 11) is 0. The molecule has 1 aliphatic carbocycles. The fourth-order valence-electron chi connectivity index (χ4n) is 2.93. The van der Waals surface area contributed by atoms with Crippen molar-refractivity contribution in [2.75, 3.05) is 0 Å². The summed E-state index contributed by atoms with van der Waals surface area (Å²) in [5, 5.41) is 0. The number of hydrogen-bond acceptors (Lipinski definition) is 1. The van der Waals surface area contributed by atoms with Crippen molar-refractivity contribution in [2.45, 2.75) is 38.6 Å². The number of hydrogen-bond donors (Lipinski definition) is 1. The van der Waals surface area contributed by atoms with Crippen LogP contribution in [0.4, 0.5) is 0 Å². The van der Waals surface area contributed by atoms with Crippen molar-refractivity contribution in [1.29, 1.82) is 0 Å². The largest absolute Gasteiger partial charge is 0.337 e. The van der Waals surface area contributed by atoms with Crippen molar-refractivity contribution in [3.05, 3.63) is 52.1 Å². The molecule has 1 aliphatic rings. The number of H-pyrrole nitrogens is 1. The van der Waals surface area contributed by atoms with Gasteiger partial charge in [-0.1, -0.05) is 38.1 Å². The van der Waals surface area contributed by atoms with Crippen LogP contribution in [-0.2, 0) is 12.8 Å². The number of aromatic amines is 1. The number of imidazole rings is 1. The van der Waals surface area contributed by atoms with Gasteiger partial charge in [-0.15, -0.1) is 0 Å². The maximum atomic E-state index is 5.45. The molecule has 18 heavy (non-hydrogen) atoms. The first-order valence-electron chi connectivity index (χ1n) is 6.53. The average Bonchev–Trinajstić information content (AvgIpc) is 2.91. The highest BCUT2D eigenvalue weighted by Gasteiger charge is 2.25. The molecule has 0 radical (unpaired) electrons. The van der Waals surface area contributed by atoms with Crippen molar-refractivity contribution in [3.63, 3.8) is 0 Å². The molecule has 1 N–H and O–H groups in total. The predicted octanol–water partition coefficient (Wildman–Crippen LogP) is 4.01. The lowest BCUT2D eigenvalue weighted by molar-refractivity contribution is 0.495. The number of fused-ring (bicyclic) bond motifs is 1. The normalized spacial score (nSPS) is 15.3. The van der Waals surface area contributed by atoms with Crippen LogP contribution in [0.15, 0.2) is 30.5 Å². The van der Waals surface area contributed by atoms with E-state index in [-0.39, 0.29) is 0 Å². The zero-order chi connectivity index (χ0) is 12.7. The number of nitrogens with one attached hydrogen (secondary N) is 1. The van der Waals surface area contributed by atoms with E-state index in [2.05, 4.69) is 53.9 Å². The van der Waals surface area contributed by atoms with Crippen LogP contribution in [0.2, 0.25) is 0 Å². The number of benzene rings is 1. The lowest BCUT2D eigenvalue weighted by Crippen LogP contribution is -2.13. The molecule has 1 aromatic heterocycles. The van der Waals surface area contributed by atoms with Gasteiger partial charge in [0, 0.05) is 17.9 Å². The van der Waals surface area contributed by atoms with Crippen LogP contribution >= 0.6 is 12.2 Å². The quantitative estimate of drug-likeness (QED) is 0.807. The Hall–Kier alpha value is -1.35. The van der Waals surface area contributed by atoms with Gasteiger partial charge >= 0.3 is 0 Å². The van der Waals surface area contributed by atoms with E-state index in [1.165, 1.54) is 16.8 Å². The Bertz CT molecular complexity index is 596. The van der Waals surface area contributed by atoms with E-state index in [1.54, 1.807) is 0 Å². The fourth-order valence-corrected chi connectivity index (χ4v) is 3.25. The maximum Gasteiger partial charge on any atom is 0.177 e. The first-order valence-corrected chi connectivity index (χ1v) is 6.94. The summed E-state index contributed by atoms with van der Waals surface area (Å²) in [4.78, 5) is 3.20. The molecule has 3 heteroatoms. The molecule has 0 saturated heterocycles. The van der Waals surface area contributed by atoms with Crippen LogP contribution in [0, 0.1) is 4.77 Å². The molecular formula is C15H18N2S. The molecule has 0 atom stereocenters. The SMILES string of the molecule is CC(C)c1c[nH]c(=S)n1C1Cc2ccccc2C1. The van der Waals surface area contributed by atoms with Crippen molar-refractivity contribution >= 4 is 12.2 Å². The van der Waals surface area contributed by atoms with Gasteiger partial charge in [0.15, 0.2) is 4.77 Å². The summed E-state index contributed by atoms with van der Waals surface area (Å²) in [5.74, 6) is 0.502. The maximum absolute atomic E-state index is 5.45. The van der Waals surface area contributed by atoms with Crippen LogP contribution < -0.4 is 0 Å². The Kier molecular flexibility index (Phi) is 2.86. The molecule has 0 fully saturated rings. The molecule has 2 aromatic rings. The predicted molar refractivity (Wildman–Crippen MR) is 76.6 cm³/mol. The van der Waals surface area contributed by atoms with Crippen molar-refractivity contribution < 1.29 is 0 Å². The number of aromatic nitrogens is 2. The Morgan fingerprint density at radius 1 is 1.22 bits per heavy atom. The van der Waals surface area contributed by atoms with Gasteiger partial charge in [0.25, 0.3) is 0 Å². The number of rotatable bonds is 2. The third-order valence-electron chi connectivity index (χ3n) is 3.83. The minimum Gasteiger partial charge on any atom is -0.337 e. The third-order valence-corrected chi connectivity index (χ3v) is 4.14. The van der Waals surface area contributed by atoms with Gasteiger partial charge in [-0.25, -0.2) is 0 Å². The molecular weight excluding hydrogens is 240 g/mol. The Morgan fingerprint density at radius 3 is 2.39 bits per heavy atom. The standard InChI is InChI=1S/C15H18N2S/c1-10(2)14-9-16-15(18)17(14)13-7-11-5-3-4-6-12(11)8-13/h3-6,9-10,13H,7-8H2,1-2H3,(H,16,18). The van der Waals surface area contributed by atoms with E-state index >= 15 is 0 Å². The molecule has 0 amide bonds. The van der Waals surface area contributed by atoms with Gasteiger partial charge in [0.05, 0.1) is 0 Å². The summed E-state index contributed by atoms with van der Waals surface area (Å²) >= 11 is 5.45. The second-order valence-corrected chi connectivity index (χ2v) is 5.76. The fraction of sp³-hybridized carbons (Fsp3) is 0.400. The van der Waals surface area contributed by atoms with E-state index in [9.17, 15) is 0 Å².